The maximum atomic E-state index is 13.5. The third-order valence-corrected chi connectivity index (χ3v) is 8.06. The number of aromatic nitrogens is 2. The Kier molecular flexibility index (Phi) is 7.12. The summed E-state index contributed by atoms with van der Waals surface area (Å²) in [6, 6.07) is 9.09. The van der Waals surface area contributed by atoms with Crippen molar-refractivity contribution >= 4 is 28.2 Å². The van der Waals surface area contributed by atoms with E-state index in [1.54, 1.807) is 13.2 Å². The molecule has 1 amide bonds. The number of hydrogen-bond acceptors (Lipinski definition) is 8. The molecule has 2 aliphatic heterocycles. The molecule has 2 aromatic carbocycles. The SMILES string of the molecule is COC1CCN(c2ccc3c(=O)n(-c4ccc(OC(F)(F)F)c(NC(=O)C5(N6CCOCC6)CC5)c4)cnc3c2)C1. The lowest BCUT2D eigenvalue weighted by atomic mass is 10.1. The monoisotopic (exact) mass is 573 g/mol. The zero-order valence-corrected chi connectivity index (χ0v) is 22.4. The first-order valence-corrected chi connectivity index (χ1v) is 13.5. The third-order valence-electron chi connectivity index (χ3n) is 8.06. The zero-order valence-electron chi connectivity index (χ0n) is 22.4. The van der Waals surface area contributed by atoms with Crippen LogP contribution >= 0.6 is 0 Å². The second-order valence-electron chi connectivity index (χ2n) is 10.5. The first-order chi connectivity index (χ1) is 19.7. The van der Waals surface area contributed by atoms with Gasteiger partial charge in [0.15, 0.2) is 5.75 Å². The van der Waals surface area contributed by atoms with Crippen LogP contribution in [0.4, 0.5) is 24.5 Å². The Hall–Kier alpha value is -3.68. The topological polar surface area (TPSA) is 98.2 Å². The van der Waals surface area contributed by atoms with E-state index in [9.17, 15) is 22.8 Å². The Morgan fingerprint density at radius 1 is 1.10 bits per heavy atom. The second-order valence-corrected chi connectivity index (χ2v) is 10.5. The van der Waals surface area contributed by atoms with Crippen LogP contribution in [0.5, 0.6) is 5.75 Å². The van der Waals surface area contributed by atoms with Gasteiger partial charge in [0.2, 0.25) is 5.91 Å². The number of fused-ring (bicyclic) bond motifs is 1. The van der Waals surface area contributed by atoms with Gasteiger partial charge >= 0.3 is 6.36 Å². The summed E-state index contributed by atoms with van der Waals surface area (Å²) in [6.07, 6.45) is -1.41. The first-order valence-electron chi connectivity index (χ1n) is 13.5. The highest BCUT2D eigenvalue weighted by Gasteiger charge is 2.54. The van der Waals surface area contributed by atoms with Crippen molar-refractivity contribution in [2.75, 3.05) is 56.7 Å². The van der Waals surface area contributed by atoms with Crippen LogP contribution in [0.2, 0.25) is 0 Å². The molecule has 0 radical (unpaired) electrons. The molecule has 13 heteroatoms. The minimum atomic E-state index is -4.97. The van der Waals surface area contributed by atoms with Gasteiger partial charge in [0.25, 0.3) is 5.56 Å². The lowest BCUT2D eigenvalue weighted by Crippen LogP contribution is -2.51. The average molecular weight is 574 g/mol. The van der Waals surface area contributed by atoms with Crippen molar-refractivity contribution in [3.63, 3.8) is 0 Å². The summed E-state index contributed by atoms with van der Waals surface area (Å²) in [5.41, 5.74) is 0.273. The van der Waals surface area contributed by atoms with Crippen molar-refractivity contribution in [2.24, 2.45) is 0 Å². The van der Waals surface area contributed by atoms with Gasteiger partial charge in [-0.1, -0.05) is 0 Å². The summed E-state index contributed by atoms with van der Waals surface area (Å²) < 4.78 is 55.9. The largest absolute Gasteiger partial charge is 0.573 e. The van der Waals surface area contributed by atoms with E-state index >= 15 is 0 Å². The van der Waals surface area contributed by atoms with E-state index < -0.39 is 29.1 Å². The van der Waals surface area contributed by atoms with Gasteiger partial charge in [-0.15, -0.1) is 13.2 Å². The molecule has 1 aliphatic carbocycles. The van der Waals surface area contributed by atoms with Crippen molar-refractivity contribution < 1.29 is 32.2 Å². The van der Waals surface area contributed by atoms with Crippen LogP contribution in [-0.2, 0) is 14.3 Å². The fraction of sp³-hybridized carbons (Fsp3) is 0.464. The van der Waals surface area contributed by atoms with Gasteiger partial charge in [0, 0.05) is 39.0 Å². The molecule has 0 bridgehead atoms. The molecule has 0 spiro atoms. The number of benzene rings is 2. The molecular weight excluding hydrogens is 543 g/mol. The van der Waals surface area contributed by atoms with Crippen molar-refractivity contribution in [1.82, 2.24) is 14.5 Å². The van der Waals surface area contributed by atoms with E-state index in [0.717, 1.165) is 31.3 Å². The minimum Gasteiger partial charge on any atom is -0.404 e. The first kappa shape index (κ1) is 27.5. The molecule has 3 aromatic rings. The summed E-state index contributed by atoms with van der Waals surface area (Å²) in [4.78, 5) is 35.4. The van der Waals surface area contributed by atoms with Gasteiger partial charge in [-0.2, -0.15) is 0 Å². The highest BCUT2D eigenvalue weighted by molar-refractivity contribution is 6.01. The predicted molar refractivity (Wildman–Crippen MR) is 145 cm³/mol. The average Bonchev–Trinajstić information content (AvgIpc) is 3.64. The van der Waals surface area contributed by atoms with E-state index in [1.165, 1.54) is 23.0 Å². The lowest BCUT2D eigenvalue weighted by Gasteiger charge is -2.34. The number of halogens is 3. The van der Waals surface area contributed by atoms with Crippen LogP contribution in [-0.4, -0.2) is 84.9 Å². The van der Waals surface area contributed by atoms with Crippen LogP contribution in [0, 0.1) is 0 Å². The minimum absolute atomic E-state index is 0.148. The molecule has 1 atom stereocenters. The summed E-state index contributed by atoms with van der Waals surface area (Å²) >= 11 is 0. The smallest absolute Gasteiger partial charge is 0.404 e. The number of alkyl halides is 3. The molecule has 1 saturated carbocycles. The van der Waals surface area contributed by atoms with E-state index in [1.807, 2.05) is 17.0 Å². The van der Waals surface area contributed by atoms with Crippen molar-refractivity contribution in [3.05, 3.63) is 53.1 Å². The Bertz CT molecular complexity index is 1520. The number of rotatable bonds is 7. The highest BCUT2D eigenvalue weighted by atomic mass is 19.4. The van der Waals surface area contributed by atoms with Gasteiger partial charge in [0.1, 0.15) is 11.9 Å². The van der Waals surface area contributed by atoms with E-state index in [0.29, 0.717) is 50.0 Å². The summed E-state index contributed by atoms with van der Waals surface area (Å²) in [5.74, 6) is -0.989. The predicted octanol–water partition coefficient (Wildman–Crippen LogP) is 3.31. The van der Waals surface area contributed by atoms with Crippen LogP contribution in [0.1, 0.15) is 19.3 Å². The molecule has 10 nitrogen and oxygen atoms in total. The molecule has 1 aromatic heterocycles. The number of nitrogens with zero attached hydrogens (tertiary/aromatic N) is 4. The number of anilines is 2. The van der Waals surface area contributed by atoms with Crippen LogP contribution < -0.4 is 20.5 Å². The van der Waals surface area contributed by atoms with Crippen LogP contribution in [0.3, 0.4) is 0 Å². The van der Waals surface area contributed by atoms with E-state index in [4.69, 9.17) is 9.47 Å². The summed E-state index contributed by atoms with van der Waals surface area (Å²) in [6.45, 7) is 3.66. The molecule has 3 aliphatic rings. The lowest BCUT2D eigenvalue weighted by molar-refractivity contribution is -0.274. The van der Waals surface area contributed by atoms with Crippen molar-refractivity contribution in [3.8, 4) is 11.4 Å². The van der Waals surface area contributed by atoms with Crippen molar-refractivity contribution in [1.29, 1.82) is 0 Å². The van der Waals surface area contributed by atoms with Gasteiger partial charge in [0.05, 0.1) is 41.6 Å². The highest BCUT2D eigenvalue weighted by Crippen LogP contribution is 2.44. The second kappa shape index (κ2) is 10.6. The normalized spacial score (nSPS) is 20.8. The molecule has 3 heterocycles. The molecule has 3 fully saturated rings. The van der Waals surface area contributed by atoms with Crippen LogP contribution in [0.15, 0.2) is 47.5 Å². The fourth-order valence-corrected chi connectivity index (χ4v) is 5.66. The van der Waals surface area contributed by atoms with Gasteiger partial charge < -0.3 is 24.4 Å². The fourth-order valence-electron chi connectivity index (χ4n) is 5.66. The molecule has 6 rings (SSSR count). The number of morpholine rings is 1. The Balaban J connectivity index is 1.31. The number of methoxy groups -OCH3 is 1. The maximum absolute atomic E-state index is 13.5. The Morgan fingerprint density at radius 2 is 1.85 bits per heavy atom. The van der Waals surface area contributed by atoms with E-state index in [-0.39, 0.29) is 17.5 Å². The van der Waals surface area contributed by atoms with Crippen LogP contribution in [0.25, 0.3) is 16.6 Å². The molecular formula is C28H30F3N5O5. The standard InChI is InChI=1S/C28H30F3N5O5/c1-39-20-6-9-34(16-20)18-2-4-21-22(14-18)32-17-36(25(21)37)19-3-5-24(41-28(29,30)31)23(15-19)33-26(38)27(7-8-27)35-10-12-40-13-11-35/h2-5,14-15,17,20H,6-13,16H2,1H3,(H,33,38). The zero-order chi connectivity index (χ0) is 28.8. The summed E-state index contributed by atoms with van der Waals surface area (Å²) in [7, 11) is 1.69. The number of carbonyl (C=O) groups is 1. The Morgan fingerprint density at radius 3 is 2.54 bits per heavy atom. The van der Waals surface area contributed by atoms with Gasteiger partial charge in [-0.25, -0.2) is 4.98 Å². The van der Waals surface area contributed by atoms with Gasteiger partial charge in [-0.3, -0.25) is 19.1 Å². The molecule has 41 heavy (non-hydrogen) atoms. The number of carbonyl (C=O) groups excluding carboxylic acids is 1. The number of amides is 1. The molecule has 1 unspecified atom stereocenters. The van der Waals surface area contributed by atoms with Gasteiger partial charge in [-0.05, 0) is 55.7 Å². The Labute approximate surface area is 233 Å². The number of hydrogen-bond donors (Lipinski definition) is 1. The number of ether oxygens (including phenoxy) is 3. The quantitative estimate of drug-likeness (QED) is 0.460. The molecule has 218 valence electrons. The van der Waals surface area contributed by atoms with Crippen molar-refractivity contribution in [2.45, 2.75) is 37.3 Å². The van der Waals surface area contributed by atoms with E-state index in [2.05, 4.69) is 19.9 Å². The number of nitrogens with one attached hydrogen (secondary N) is 1. The summed E-state index contributed by atoms with van der Waals surface area (Å²) in [5, 5.41) is 3.00. The maximum Gasteiger partial charge on any atom is 0.573 e. The third kappa shape index (κ3) is 5.48. The molecule has 1 N–H and O–H groups in total. The molecule has 2 saturated heterocycles.